The van der Waals surface area contributed by atoms with Crippen LogP contribution in [0.4, 0.5) is 0 Å². The van der Waals surface area contributed by atoms with Gasteiger partial charge < -0.3 is 9.15 Å². The highest BCUT2D eigenvalue weighted by Gasteiger charge is 2.03. The predicted molar refractivity (Wildman–Crippen MR) is 96.6 cm³/mol. The highest BCUT2D eigenvalue weighted by Crippen LogP contribution is 2.21. The Labute approximate surface area is 145 Å². The van der Waals surface area contributed by atoms with Gasteiger partial charge in [0.25, 0.3) is 5.91 Å². The molecule has 0 aliphatic carbocycles. The molecule has 0 saturated carbocycles. The summed E-state index contributed by atoms with van der Waals surface area (Å²) in [6, 6.07) is 21.2. The summed E-state index contributed by atoms with van der Waals surface area (Å²) in [6.45, 7) is 1.73. The SMILES string of the molecule is Cc1ccc(/C=N/NC(=O)COc2ccc(-c3ccccc3)cc2)o1. The lowest BCUT2D eigenvalue weighted by Crippen LogP contribution is -2.24. The molecule has 3 rings (SSSR count). The minimum Gasteiger partial charge on any atom is -0.484 e. The zero-order chi connectivity index (χ0) is 17.5. The lowest BCUT2D eigenvalue weighted by atomic mass is 10.1. The molecule has 0 spiro atoms. The molecule has 0 bridgehead atoms. The Kier molecular flexibility index (Phi) is 5.26. The number of benzene rings is 2. The first-order valence-electron chi connectivity index (χ1n) is 7.87. The lowest BCUT2D eigenvalue weighted by molar-refractivity contribution is -0.123. The normalized spacial score (nSPS) is 10.8. The number of rotatable bonds is 6. The van der Waals surface area contributed by atoms with Crippen LogP contribution in [0.25, 0.3) is 11.1 Å². The third-order valence-corrected chi connectivity index (χ3v) is 3.47. The van der Waals surface area contributed by atoms with Crippen LogP contribution in [0.1, 0.15) is 11.5 Å². The van der Waals surface area contributed by atoms with Crippen LogP contribution in [0, 0.1) is 6.92 Å². The van der Waals surface area contributed by atoms with Crippen LogP contribution >= 0.6 is 0 Å². The van der Waals surface area contributed by atoms with Crippen molar-refractivity contribution in [2.24, 2.45) is 5.10 Å². The maximum Gasteiger partial charge on any atom is 0.277 e. The number of hydrogen-bond donors (Lipinski definition) is 1. The van der Waals surface area contributed by atoms with Crippen molar-refractivity contribution in [2.45, 2.75) is 6.92 Å². The van der Waals surface area contributed by atoms with Gasteiger partial charge in [0.2, 0.25) is 0 Å². The molecule has 0 aliphatic rings. The van der Waals surface area contributed by atoms with E-state index < -0.39 is 0 Å². The van der Waals surface area contributed by atoms with Crippen LogP contribution in [0.15, 0.2) is 76.2 Å². The van der Waals surface area contributed by atoms with Gasteiger partial charge in [-0.1, -0.05) is 42.5 Å². The molecular formula is C20H18N2O3. The number of aryl methyl sites for hydroxylation is 1. The molecular weight excluding hydrogens is 316 g/mol. The Hall–Kier alpha value is -3.34. The second-order valence-corrected chi connectivity index (χ2v) is 5.42. The van der Waals surface area contributed by atoms with E-state index in [0.717, 1.165) is 16.9 Å². The molecule has 5 heteroatoms. The van der Waals surface area contributed by atoms with E-state index in [4.69, 9.17) is 9.15 Å². The number of ether oxygens (including phenoxy) is 1. The van der Waals surface area contributed by atoms with Crippen LogP contribution in [-0.4, -0.2) is 18.7 Å². The van der Waals surface area contributed by atoms with Gasteiger partial charge in [-0.2, -0.15) is 5.10 Å². The zero-order valence-electron chi connectivity index (χ0n) is 13.8. The molecule has 2 aromatic carbocycles. The highest BCUT2D eigenvalue weighted by molar-refractivity contribution is 5.81. The molecule has 0 saturated heterocycles. The van der Waals surface area contributed by atoms with Crippen molar-refractivity contribution in [3.8, 4) is 16.9 Å². The van der Waals surface area contributed by atoms with E-state index in [0.29, 0.717) is 11.5 Å². The minimum atomic E-state index is -0.341. The van der Waals surface area contributed by atoms with Gasteiger partial charge in [0, 0.05) is 0 Å². The fraction of sp³-hybridized carbons (Fsp3) is 0.100. The monoisotopic (exact) mass is 334 g/mol. The van der Waals surface area contributed by atoms with Gasteiger partial charge in [-0.25, -0.2) is 5.43 Å². The van der Waals surface area contributed by atoms with E-state index in [1.807, 2.05) is 67.6 Å². The molecule has 0 fully saturated rings. The molecule has 0 unspecified atom stereocenters. The van der Waals surface area contributed by atoms with Crippen LogP contribution in [0.2, 0.25) is 0 Å². The van der Waals surface area contributed by atoms with Crippen molar-refractivity contribution < 1.29 is 13.9 Å². The van der Waals surface area contributed by atoms with E-state index in [-0.39, 0.29) is 12.5 Å². The predicted octanol–water partition coefficient (Wildman–Crippen LogP) is 3.78. The van der Waals surface area contributed by atoms with Crippen molar-refractivity contribution >= 4 is 12.1 Å². The lowest BCUT2D eigenvalue weighted by Gasteiger charge is -2.06. The van der Waals surface area contributed by atoms with Crippen molar-refractivity contribution in [3.63, 3.8) is 0 Å². The summed E-state index contributed by atoms with van der Waals surface area (Å²) in [4.78, 5) is 11.7. The third-order valence-electron chi connectivity index (χ3n) is 3.47. The Morgan fingerprint density at radius 3 is 2.44 bits per heavy atom. The van der Waals surface area contributed by atoms with Crippen LogP contribution in [0.3, 0.4) is 0 Å². The fourth-order valence-corrected chi connectivity index (χ4v) is 2.25. The average Bonchev–Trinajstić information content (AvgIpc) is 3.06. The summed E-state index contributed by atoms with van der Waals surface area (Å²) in [5.74, 6) is 1.65. The Morgan fingerprint density at radius 1 is 1.04 bits per heavy atom. The number of hydrazone groups is 1. The summed E-state index contributed by atoms with van der Waals surface area (Å²) in [7, 11) is 0. The van der Waals surface area contributed by atoms with Crippen LogP contribution in [-0.2, 0) is 4.79 Å². The molecule has 1 N–H and O–H groups in total. The summed E-state index contributed by atoms with van der Waals surface area (Å²) < 4.78 is 10.8. The molecule has 3 aromatic rings. The second kappa shape index (κ2) is 7.97. The number of carbonyl (C=O) groups is 1. The van der Waals surface area contributed by atoms with Crippen molar-refractivity contribution in [1.29, 1.82) is 0 Å². The molecule has 0 atom stereocenters. The molecule has 0 radical (unpaired) electrons. The first-order valence-corrected chi connectivity index (χ1v) is 7.87. The molecule has 1 amide bonds. The van der Waals surface area contributed by atoms with E-state index in [1.165, 1.54) is 6.21 Å². The third kappa shape index (κ3) is 4.81. The number of nitrogens with one attached hydrogen (secondary N) is 1. The molecule has 0 aliphatic heterocycles. The number of hydrogen-bond acceptors (Lipinski definition) is 4. The summed E-state index contributed by atoms with van der Waals surface area (Å²) in [5, 5.41) is 3.82. The maximum absolute atomic E-state index is 11.7. The summed E-state index contributed by atoms with van der Waals surface area (Å²) >= 11 is 0. The topological polar surface area (TPSA) is 63.8 Å². The average molecular weight is 334 g/mol. The van der Waals surface area contributed by atoms with Gasteiger partial charge in [0.05, 0.1) is 6.21 Å². The van der Waals surface area contributed by atoms with Crippen molar-refractivity contribution in [2.75, 3.05) is 6.61 Å². The Morgan fingerprint density at radius 2 is 1.76 bits per heavy atom. The molecule has 5 nitrogen and oxygen atoms in total. The number of carbonyl (C=O) groups excluding carboxylic acids is 1. The zero-order valence-corrected chi connectivity index (χ0v) is 13.8. The molecule has 1 aromatic heterocycles. The summed E-state index contributed by atoms with van der Waals surface area (Å²) in [6.07, 6.45) is 1.44. The highest BCUT2D eigenvalue weighted by atomic mass is 16.5. The Balaban J connectivity index is 1.48. The van der Waals surface area contributed by atoms with E-state index in [9.17, 15) is 4.79 Å². The molecule has 126 valence electrons. The van der Waals surface area contributed by atoms with Crippen LogP contribution in [0.5, 0.6) is 5.75 Å². The number of nitrogens with zero attached hydrogens (tertiary/aromatic N) is 1. The maximum atomic E-state index is 11.7. The first-order chi connectivity index (χ1) is 12.2. The van der Waals surface area contributed by atoms with Gasteiger partial charge in [0.1, 0.15) is 17.3 Å². The first kappa shape index (κ1) is 16.5. The van der Waals surface area contributed by atoms with Gasteiger partial charge in [-0.05, 0) is 42.3 Å². The standard InChI is InChI=1S/C20H18N2O3/c1-15-7-10-19(25-15)13-21-22-20(23)14-24-18-11-8-17(9-12-18)16-5-3-2-4-6-16/h2-13H,14H2,1H3,(H,22,23)/b21-13+. The smallest absolute Gasteiger partial charge is 0.277 e. The number of furan rings is 1. The van der Waals surface area contributed by atoms with E-state index in [1.54, 1.807) is 6.07 Å². The summed E-state index contributed by atoms with van der Waals surface area (Å²) in [5.41, 5.74) is 4.62. The minimum absolute atomic E-state index is 0.112. The Bertz CT molecular complexity index is 852. The molecule has 1 heterocycles. The van der Waals surface area contributed by atoms with Crippen LogP contribution < -0.4 is 10.2 Å². The fourth-order valence-electron chi connectivity index (χ4n) is 2.25. The van der Waals surface area contributed by atoms with Crippen molar-refractivity contribution in [1.82, 2.24) is 5.43 Å². The van der Waals surface area contributed by atoms with Gasteiger partial charge in [0.15, 0.2) is 6.61 Å². The second-order valence-electron chi connectivity index (χ2n) is 5.42. The quantitative estimate of drug-likeness (QED) is 0.551. The number of amides is 1. The van der Waals surface area contributed by atoms with Gasteiger partial charge in [-0.3, -0.25) is 4.79 Å². The largest absolute Gasteiger partial charge is 0.484 e. The van der Waals surface area contributed by atoms with E-state index >= 15 is 0 Å². The van der Waals surface area contributed by atoms with E-state index in [2.05, 4.69) is 10.5 Å². The van der Waals surface area contributed by atoms with Gasteiger partial charge in [-0.15, -0.1) is 0 Å². The molecule has 25 heavy (non-hydrogen) atoms. The van der Waals surface area contributed by atoms with Crippen molar-refractivity contribution in [3.05, 3.63) is 78.3 Å². The van der Waals surface area contributed by atoms with Gasteiger partial charge >= 0.3 is 0 Å².